The van der Waals surface area contributed by atoms with Crippen LogP contribution in [0.1, 0.15) is 32.4 Å². The predicted molar refractivity (Wildman–Crippen MR) is 60.4 cm³/mol. The lowest BCUT2D eigenvalue weighted by Gasteiger charge is -2.07. The van der Waals surface area contributed by atoms with Gasteiger partial charge in [-0.25, -0.2) is 0 Å². The third-order valence-corrected chi connectivity index (χ3v) is 2.02. The van der Waals surface area contributed by atoms with Gasteiger partial charge in [-0.3, -0.25) is 0 Å². The van der Waals surface area contributed by atoms with Crippen molar-refractivity contribution in [2.75, 3.05) is 0 Å². The first kappa shape index (κ1) is 12.8. The molecule has 0 bridgehead atoms. The molecule has 13 heavy (non-hydrogen) atoms. The van der Waals surface area contributed by atoms with E-state index in [1.165, 1.54) is 0 Å². The lowest BCUT2D eigenvalue weighted by atomic mass is 10.1. The number of rotatable bonds is 1. The summed E-state index contributed by atoms with van der Waals surface area (Å²) in [5, 5.41) is 1.27. The Morgan fingerprint density at radius 3 is 2.15 bits per heavy atom. The summed E-state index contributed by atoms with van der Waals surface area (Å²) in [5.41, 5.74) is 6.56. The minimum Gasteiger partial charge on any atom is -0.324 e. The van der Waals surface area contributed by atoms with Crippen molar-refractivity contribution in [2.24, 2.45) is 5.73 Å². The van der Waals surface area contributed by atoms with Crippen LogP contribution in [-0.2, 0) is 0 Å². The standard InChI is InChI=1S/C8H9Cl2N.C2H6/c1-5(11)7-3-2-6(9)4-8(7)10;1-2/h2-5H,11H2,1H3;1-2H3. The minimum absolute atomic E-state index is 0.0419. The molecular formula is C10H15Cl2N. The fraction of sp³-hybridized carbons (Fsp3) is 0.400. The van der Waals surface area contributed by atoms with Crippen LogP contribution in [-0.4, -0.2) is 0 Å². The molecule has 1 atom stereocenters. The molecular weight excluding hydrogens is 205 g/mol. The zero-order valence-electron chi connectivity index (χ0n) is 8.14. The first-order valence-corrected chi connectivity index (χ1v) is 5.07. The van der Waals surface area contributed by atoms with Gasteiger partial charge in [0.05, 0.1) is 0 Å². The van der Waals surface area contributed by atoms with Crippen molar-refractivity contribution in [1.29, 1.82) is 0 Å². The average molecular weight is 220 g/mol. The highest BCUT2D eigenvalue weighted by Gasteiger charge is 2.04. The third kappa shape index (κ3) is 3.99. The largest absolute Gasteiger partial charge is 0.324 e. The molecule has 74 valence electrons. The molecule has 1 aromatic carbocycles. The van der Waals surface area contributed by atoms with E-state index in [1.54, 1.807) is 12.1 Å². The third-order valence-electron chi connectivity index (χ3n) is 1.45. The number of nitrogens with two attached hydrogens (primary N) is 1. The smallest absolute Gasteiger partial charge is 0.0468 e. The maximum absolute atomic E-state index is 5.86. The average Bonchev–Trinajstić information content (AvgIpc) is 2.07. The predicted octanol–water partition coefficient (Wildman–Crippen LogP) is 4.04. The topological polar surface area (TPSA) is 26.0 Å². The van der Waals surface area contributed by atoms with Crippen LogP contribution in [0.15, 0.2) is 18.2 Å². The molecule has 1 aromatic rings. The Hall–Kier alpha value is -0.240. The molecule has 0 spiro atoms. The lowest BCUT2D eigenvalue weighted by Crippen LogP contribution is -2.05. The number of hydrogen-bond acceptors (Lipinski definition) is 1. The van der Waals surface area contributed by atoms with Gasteiger partial charge in [0.25, 0.3) is 0 Å². The van der Waals surface area contributed by atoms with Gasteiger partial charge >= 0.3 is 0 Å². The van der Waals surface area contributed by atoms with Gasteiger partial charge in [-0.2, -0.15) is 0 Å². The molecule has 0 aliphatic carbocycles. The molecule has 0 saturated heterocycles. The van der Waals surface area contributed by atoms with E-state index in [1.807, 2.05) is 26.8 Å². The van der Waals surface area contributed by atoms with Crippen LogP contribution in [0, 0.1) is 0 Å². The Morgan fingerprint density at radius 2 is 1.77 bits per heavy atom. The zero-order valence-corrected chi connectivity index (χ0v) is 9.65. The molecule has 0 amide bonds. The highest BCUT2D eigenvalue weighted by Crippen LogP contribution is 2.24. The van der Waals surface area contributed by atoms with Gasteiger partial charge in [0, 0.05) is 16.1 Å². The molecule has 0 fully saturated rings. The van der Waals surface area contributed by atoms with Crippen molar-refractivity contribution >= 4 is 23.2 Å². The summed E-state index contributed by atoms with van der Waals surface area (Å²) >= 11 is 11.6. The van der Waals surface area contributed by atoms with Gasteiger partial charge in [0.2, 0.25) is 0 Å². The summed E-state index contributed by atoms with van der Waals surface area (Å²) in [4.78, 5) is 0. The first-order valence-electron chi connectivity index (χ1n) is 4.32. The van der Waals surface area contributed by atoms with Crippen molar-refractivity contribution in [3.8, 4) is 0 Å². The van der Waals surface area contributed by atoms with E-state index in [2.05, 4.69) is 0 Å². The summed E-state index contributed by atoms with van der Waals surface area (Å²) in [6.07, 6.45) is 0. The second kappa shape index (κ2) is 6.25. The Balaban J connectivity index is 0.000000671. The normalized spacial score (nSPS) is 11.5. The fourth-order valence-electron chi connectivity index (χ4n) is 0.871. The second-order valence-corrected chi connectivity index (χ2v) is 3.30. The van der Waals surface area contributed by atoms with Crippen molar-refractivity contribution in [3.05, 3.63) is 33.8 Å². The highest BCUT2D eigenvalue weighted by atomic mass is 35.5. The summed E-state index contributed by atoms with van der Waals surface area (Å²) in [5.74, 6) is 0. The van der Waals surface area contributed by atoms with Crippen LogP contribution in [0.25, 0.3) is 0 Å². The first-order chi connectivity index (χ1) is 6.11. The van der Waals surface area contributed by atoms with Gasteiger partial charge in [0.1, 0.15) is 0 Å². The summed E-state index contributed by atoms with van der Waals surface area (Å²) in [6, 6.07) is 5.28. The van der Waals surface area contributed by atoms with E-state index in [0.717, 1.165) is 5.56 Å². The highest BCUT2D eigenvalue weighted by molar-refractivity contribution is 6.35. The summed E-state index contributed by atoms with van der Waals surface area (Å²) in [7, 11) is 0. The molecule has 0 aliphatic rings. The van der Waals surface area contributed by atoms with Gasteiger partial charge in [-0.15, -0.1) is 0 Å². The van der Waals surface area contributed by atoms with E-state index in [9.17, 15) is 0 Å². The van der Waals surface area contributed by atoms with Crippen LogP contribution >= 0.6 is 23.2 Å². The zero-order chi connectivity index (χ0) is 10.4. The Morgan fingerprint density at radius 1 is 1.23 bits per heavy atom. The molecule has 0 aliphatic heterocycles. The summed E-state index contributed by atoms with van der Waals surface area (Å²) in [6.45, 7) is 5.88. The van der Waals surface area contributed by atoms with Crippen molar-refractivity contribution in [2.45, 2.75) is 26.8 Å². The number of benzene rings is 1. The molecule has 0 radical (unpaired) electrons. The lowest BCUT2D eigenvalue weighted by molar-refractivity contribution is 0.818. The van der Waals surface area contributed by atoms with E-state index in [0.29, 0.717) is 10.0 Å². The van der Waals surface area contributed by atoms with Crippen molar-refractivity contribution in [3.63, 3.8) is 0 Å². The van der Waals surface area contributed by atoms with E-state index in [-0.39, 0.29) is 6.04 Å². The van der Waals surface area contributed by atoms with E-state index in [4.69, 9.17) is 28.9 Å². The van der Waals surface area contributed by atoms with Crippen molar-refractivity contribution < 1.29 is 0 Å². The minimum atomic E-state index is -0.0419. The quantitative estimate of drug-likeness (QED) is 0.759. The van der Waals surface area contributed by atoms with Crippen LogP contribution in [0.3, 0.4) is 0 Å². The second-order valence-electron chi connectivity index (χ2n) is 2.45. The van der Waals surface area contributed by atoms with Crippen molar-refractivity contribution in [1.82, 2.24) is 0 Å². The number of halogens is 2. The molecule has 0 aromatic heterocycles. The molecule has 0 heterocycles. The molecule has 0 saturated carbocycles. The van der Waals surface area contributed by atoms with E-state index >= 15 is 0 Å². The molecule has 1 rings (SSSR count). The monoisotopic (exact) mass is 219 g/mol. The Kier molecular flexibility index (Phi) is 6.13. The fourth-order valence-corrected chi connectivity index (χ4v) is 1.45. The summed E-state index contributed by atoms with van der Waals surface area (Å²) < 4.78 is 0. The van der Waals surface area contributed by atoms with Gasteiger partial charge < -0.3 is 5.73 Å². The maximum atomic E-state index is 5.86. The van der Waals surface area contributed by atoms with Crippen LogP contribution in [0.5, 0.6) is 0 Å². The molecule has 3 heteroatoms. The maximum Gasteiger partial charge on any atom is 0.0468 e. The van der Waals surface area contributed by atoms with Crippen LogP contribution < -0.4 is 5.73 Å². The Labute approximate surface area is 89.8 Å². The van der Waals surface area contributed by atoms with Crippen LogP contribution in [0.2, 0.25) is 10.0 Å². The SMILES string of the molecule is CC.CC(N)c1ccc(Cl)cc1Cl. The molecule has 2 N–H and O–H groups in total. The number of hydrogen-bond donors (Lipinski definition) is 1. The van der Waals surface area contributed by atoms with Gasteiger partial charge in [-0.1, -0.05) is 43.1 Å². The van der Waals surface area contributed by atoms with Gasteiger partial charge in [0.15, 0.2) is 0 Å². The molecule has 1 unspecified atom stereocenters. The van der Waals surface area contributed by atoms with Crippen LogP contribution in [0.4, 0.5) is 0 Å². The Bertz CT molecular complexity index is 259. The molecule has 1 nitrogen and oxygen atoms in total. The van der Waals surface area contributed by atoms with E-state index < -0.39 is 0 Å². The van der Waals surface area contributed by atoms with Gasteiger partial charge in [-0.05, 0) is 24.6 Å².